The third-order valence-corrected chi connectivity index (χ3v) is 10.5. The summed E-state index contributed by atoms with van der Waals surface area (Å²) in [5.41, 5.74) is 12.3. The van der Waals surface area contributed by atoms with Gasteiger partial charge in [0.25, 0.3) is 0 Å². The van der Waals surface area contributed by atoms with Crippen LogP contribution < -0.4 is 0 Å². The largest absolute Gasteiger partial charge is 0.208 e. The van der Waals surface area contributed by atoms with Crippen LogP contribution in [0.25, 0.3) is 100 Å². The van der Waals surface area contributed by atoms with Gasteiger partial charge in [-0.3, -0.25) is 0 Å². The molecule has 0 unspecified atom stereocenters. The average Bonchev–Trinajstić information content (AvgIpc) is 3.29. The first-order chi connectivity index (χ1) is 27.7. The van der Waals surface area contributed by atoms with E-state index >= 15 is 0 Å². The Kier molecular flexibility index (Phi) is 8.51. The lowest BCUT2D eigenvalue weighted by Gasteiger charge is -2.13. The second-order valence-electron chi connectivity index (χ2n) is 14.0. The first kappa shape index (κ1) is 33.1. The van der Waals surface area contributed by atoms with Crippen molar-refractivity contribution in [1.82, 2.24) is 15.0 Å². The van der Waals surface area contributed by atoms with Crippen molar-refractivity contribution in [3.05, 3.63) is 212 Å². The second kappa shape index (κ2) is 14.4. The number of aromatic nitrogens is 3. The second-order valence-corrected chi connectivity index (χ2v) is 14.0. The fourth-order valence-electron chi connectivity index (χ4n) is 7.66. The third-order valence-electron chi connectivity index (χ3n) is 10.5. The zero-order chi connectivity index (χ0) is 37.3. The molecule has 0 spiro atoms. The quantitative estimate of drug-likeness (QED) is 0.165. The van der Waals surface area contributed by atoms with Gasteiger partial charge in [0.2, 0.25) is 0 Å². The zero-order valence-electron chi connectivity index (χ0n) is 30.5. The number of benzene rings is 9. The Morgan fingerprint density at radius 2 is 0.625 bits per heavy atom. The molecule has 0 aliphatic heterocycles. The maximum atomic E-state index is 5.19. The molecule has 0 amide bonds. The highest BCUT2D eigenvalue weighted by Crippen LogP contribution is 2.37. The van der Waals surface area contributed by atoms with Crippen LogP contribution in [0.3, 0.4) is 0 Å². The molecule has 0 aliphatic rings. The van der Waals surface area contributed by atoms with Gasteiger partial charge in [-0.1, -0.05) is 188 Å². The van der Waals surface area contributed by atoms with Crippen LogP contribution in [-0.2, 0) is 0 Å². The van der Waals surface area contributed by atoms with Crippen molar-refractivity contribution >= 4 is 21.5 Å². The fraction of sp³-hybridized carbons (Fsp3) is 0. The monoisotopic (exact) mass is 713 g/mol. The van der Waals surface area contributed by atoms with Crippen molar-refractivity contribution in [2.45, 2.75) is 0 Å². The van der Waals surface area contributed by atoms with Crippen molar-refractivity contribution in [2.24, 2.45) is 0 Å². The highest BCUT2D eigenvalue weighted by Gasteiger charge is 2.16. The summed E-state index contributed by atoms with van der Waals surface area (Å²) in [5, 5.41) is 4.59. The molecule has 3 heteroatoms. The first-order valence-corrected chi connectivity index (χ1v) is 18.9. The smallest absolute Gasteiger partial charge is 0.164 e. The molecule has 0 saturated heterocycles. The van der Waals surface area contributed by atoms with Crippen LogP contribution in [0.5, 0.6) is 0 Å². The van der Waals surface area contributed by atoms with E-state index in [1.54, 1.807) is 0 Å². The van der Waals surface area contributed by atoms with Gasteiger partial charge in [0.05, 0.1) is 0 Å². The molecule has 0 saturated carbocycles. The lowest BCUT2D eigenvalue weighted by atomic mass is 9.93. The summed E-state index contributed by atoms with van der Waals surface area (Å²) < 4.78 is 0. The summed E-state index contributed by atoms with van der Waals surface area (Å²) in [5.74, 6) is 1.91. The van der Waals surface area contributed by atoms with Crippen LogP contribution >= 0.6 is 0 Å². The predicted octanol–water partition coefficient (Wildman–Crippen LogP) is 13.8. The molecular formula is C53H35N3. The van der Waals surface area contributed by atoms with Gasteiger partial charge in [-0.25, -0.2) is 15.0 Å². The molecular weight excluding hydrogens is 679 g/mol. The molecule has 0 radical (unpaired) electrons. The number of fused-ring (bicyclic) bond motifs is 2. The lowest BCUT2D eigenvalue weighted by molar-refractivity contribution is 1.08. The maximum absolute atomic E-state index is 5.19. The van der Waals surface area contributed by atoms with Crippen LogP contribution in [0.2, 0.25) is 0 Å². The van der Waals surface area contributed by atoms with Gasteiger partial charge in [-0.05, 0) is 90.3 Å². The normalized spacial score (nSPS) is 11.2. The molecule has 0 aliphatic carbocycles. The van der Waals surface area contributed by atoms with E-state index in [-0.39, 0.29) is 0 Å². The molecule has 0 fully saturated rings. The Hall–Kier alpha value is -7.49. The lowest BCUT2D eigenvalue weighted by Crippen LogP contribution is -2.00. The van der Waals surface area contributed by atoms with E-state index in [4.69, 9.17) is 15.0 Å². The van der Waals surface area contributed by atoms with Gasteiger partial charge in [0, 0.05) is 16.7 Å². The third kappa shape index (κ3) is 6.42. The molecule has 1 aromatic heterocycles. The summed E-state index contributed by atoms with van der Waals surface area (Å²) in [6, 6.07) is 74.8. The van der Waals surface area contributed by atoms with E-state index in [2.05, 4.69) is 188 Å². The number of nitrogens with zero attached hydrogens (tertiary/aromatic N) is 3. The first-order valence-electron chi connectivity index (χ1n) is 18.9. The number of hydrogen-bond donors (Lipinski definition) is 0. The van der Waals surface area contributed by atoms with Gasteiger partial charge in [-0.15, -0.1) is 0 Å². The molecule has 9 aromatic carbocycles. The van der Waals surface area contributed by atoms with Crippen molar-refractivity contribution in [2.75, 3.05) is 0 Å². The molecule has 0 bridgehead atoms. The van der Waals surface area contributed by atoms with Gasteiger partial charge in [0.15, 0.2) is 17.5 Å². The van der Waals surface area contributed by atoms with Crippen LogP contribution in [0, 0.1) is 0 Å². The highest BCUT2D eigenvalue weighted by atomic mass is 15.0. The van der Waals surface area contributed by atoms with Gasteiger partial charge < -0.3 is 0 Å². The van der Waals surface area contributed by atoms with Crippen molar-refractivity contribution in [3.63, 3.8) is 0 Å². The Morgan fingerprint density at radius 3 is 1.30 bits per heavy atom. The van der Waals surface area contributed by atoms with E-state index in [0.717, 1.165) is 44.0 Å². The van der Waals surface area contributed by atoms with Crippen molar-refractivity contribution < 1.29 is 0 Å². The van der Waals surface area contributed by atoms with Crippen LogP contribution in [0.15, 0.2) is 212 Å². The Balaban J connectivity index is 1.08. The van der Waals surface area contributed by atoms with Gasteiger partial charge >= 0.3 is 0 Å². The molecule has 10 aromatic rings. The van der Waals surface area contributed by atoms with Gasteiger partial charge in [0.1, 0.15) is 0 Å². The molecule has 56 heavy (non-hydrogen) atoms. The molecule has 0 N–H and O–H groups in total. The van der Waals surface area contributed by atoms with E-state index in [0.29, 0.717) is 17.5 Å². The molecule has 0 atom stereocenters. The Labute approximate surface area is 326 Å². The summed E-state index contributed by atoms with van der Waals surface area (Å²) in [6.45, 7) is 0. The molecule has 262 valence electrons. The SMILES string of the molecule is c1ccc(-c2ccc(-c3cc(-c4nc(-c5ccccc5)nc(-c5ccc6cc(-c7ccccc7-c7ccccc7)ccc6c5)n4)cc4ccccc34)cc2)cc1. The number of hydrogen-bond acceptors (Lipinski definition) is 3. The van der Waals surface area contributed by atoms with E-state index in [9.17, 15) is 0 Å². The van der Waals surface area contributed by atoms with Crippen LogP contribution in [0.4, 0.5) is 0 Å². The summed E-state index contributed by atoms with van der Waals surface area (Å²) in [4.78, 5) is 15.4. The minimum absolute atomic E-state index is 0.634. The van der Waals surface area contributed by atoms with E-state index in [1.165, 1.54) is 38.8 Å². The molecule has 10 rings (SSSR count). The zero-order valence-corrected chi connectivity index (χ0v) is 30.5. The summed E-state index contributed by atoms with van der Waals surface area (Å²) in [7, 11) is 0. The number of rotatable bonds is 7. The Bertz CT molecular complexity index is 2990. The minimum atomic E-state index is 0.634. The minimum Gasteiger partial charge on any atom is -0.208 e. The van der Waals surface area contributed by atoms with Gasteiger partial charge in [-0.2, -0.15) is 0 Å². The van der Waals surface area contributed by atoms with Crippen molar-refractivity contribution in [1.29, 1.82) is 0 Å². The topological polar surface area (TPSA) is 38.7 Å². The van der Waals surface area contributed by atoms with Crippen LogP contribution in [0.1, 0.15) is 0 Å². The standard InChI is InChI=1S/C53H35N3/c1-4-14-36(15-5-1)37-24-26-39(27-25-37)50-35-46(34-43-20-10-11-23-49(43)50)53-55-51(40-18-8-3-9-19-40)54-52(56-53)45-31-29-41-32-44(30-28-42(41)33-45)48-22-13-12-21-47(48)38-16-6-2-7-17-38/h1-35H. The molecule has 1 heterocycles. The summed E-state index contributed by atoms with van der Waals surface area (Å²) in [6.07, 6.45) is 0. The Morgan fingerprint density at radius 1 is 0.214 bits per heavy atom. The summed E-state index contributed by atoms with van der Waals surface area (Å²) >= 11 is 0. The predicted molar refractivity (Wildman–Crippen MR) is 233 cm³/mol. The average molecular weight is 714 g/mol. The fourth-order valence-corrected chi connectivity index (χ4v) is 7.66. The van der Waals surface area contributed by atoms with E-state index < -0.39 is 0 Å². The van der Waals surface area contributed by atoms with E-state index in [1.807, 2.05) is 24.3 Å². The van der Waals surface area contributed by atoms with Crippen LogP contribution in [-0.4, -0.2) is 15.0 Å². The maximum Gasteiger partial charge on any atom is 0.164 e. The molecule has 3 nitrogen and oxygen atoms in total. The van der Waals surface area contributed by atoms with Crippen molar-refractivity contribution in [3.8, 4) is 78.7 Å². The highest BCUT2D eigenvalue weighted by molar-refractivity contribution is 6.00.